The lowest BCUT2D eigenvalue weighted by Gasteiger charge is -2.08. The summed E-state index contributed by atoms with van der Waals surface area (Å²) in [4.78, 5) is 17.0. The van der Waals surface area contributed by atoms with Gasteiger partial charge in [0.15, 0.2) is 0 Å². The molecule has 0 bridgehead atoms. The van der Waals surface area contributed by atoms with Crippen LogP contribution >= 0.6 is 11.7 Å². The Morgan fingerprint density at radius 1 is 1.14 bits per heavy atom. The summed E-state index contributed by atoms with van der Waals surface area (Å²) in [6.07, 6.45) is 0. The predicted molar refractivity (Wildman–Crippen MR) is 107 cm³/mol. The maximum atomic E-state index is 12.4. The monoisotopic (exact) mass is 393 g/mol. The molecule has 28 heavy (non-hydrogen) atoms. The van der Waals surface area contributed by atoms with Gasteiger partial charge in [-0.15, -0.1) is 0 Å². The number of ether oxygens (including phenoxy) is 1. The van der Waals surface area contributed by atoms with Crippen molar-refractivity contribution < 1.29 is 9.53 Å². The van der Waals surface area contributed by atoms with Crippen molar-refractivity contribution in [1.29, 1.82) is 0 Å². The summed E-state index contributed by atoms with van der Waals surface area (Å²) in [6.45, 7) is 2.62. The molecule has 1 amide bonds. The first-order valence-corrected chi connectivity index (χ1v) is 9.54. The summed E-state index contributed by atoms with van der Waals surface area (Å²) >= 11 is 1.17. The Balaban J connectivity index is 1.36. The van der Waals surface area contributed by atoms with Crippen molar-refractivity contribution in [3.8, 4) is 5.75 Å². The number of nitrogens with zero attached hydrogens (tertiary/aromatic N) is 4. The highest BCUT2D eigenvalue weighted by molar-refractivity contribution is 6.99. The van der Waals surface area contributed by atoms with Crippen LogP contribution in [0.4, 0.5) is 0 Å². The molecule has 7 nitrogen and oxygen atoms in total. The van der Waals surface area contributed by atoms with Gasteiger partial charge in [-0.25, -0.2) is 4.98 Å². The van der Waals surface area contributed by atoms with Crippen LogP contribution in [0.25, 0.3) is 11.0 Å². The van der Waals surface area contributed by atoms with Crippen LogP contribution in [0, 0.1) is 6.92 Å². The molecule has 2 aromatic carbocycles. The third-order valence-corrected chi connectivity index (χ3v) is 5.18. The Kier molecular flexibility index (Phi) is 5.03. The van der Waals surface area contributed by atoms with Crippen molar-refractivity contribution in [1.82, 2.24) is 23.6 Å². The summed E-state index contributed by atoms with van der Waals surface area (Å²) in [5.41, 5.74) is 4.23. The number of benzene rings is 2. The zero-order chi connectivity index (χ0) is 19.5. The molecule has 0 radical (unpaired) electrons. The normalized spacial score (nSPS) is 10.9. The average Bonchev–Trinajstić information content (AvgIpc) is 3.28. The van der Waals surface area contributed by atoms with Crippen molar-refractivity contribution in [2.45, 2.75) is 20.1 Å². The standard InChI is InChI=1S/C20H19N5O2S/c1-13-17(24-28-23-13)12-27-15-9-7-14(8-10-15)20(26)21-11-19-22-16-5-3-4-6-18(16)25(19)2/h3-10H,11-12H2,1-2H3,(H,21,26). The first-order chi connectivity index (χ1) is 13.6. The van der Waals surface area contributed by atoms with E-state index in [2.05, 4.69) is 19.0 Å². The minimum Gasteiger partial charge on any atom is -0.487 e. The topological polar surface area (TPSA) is 81.9 Å². The van der Waals surface area contributed by atoms with Crippen LogP contribution < -0.4 is 10.1 Å². The van der Waals surface area contributed by atoms with Gasteiger partial charge in [0.25, 0.3) is 5.91 Å². The third-order valence-electron chi connectivity index (χ3n) is 4.53. The van der Waals surface area contributed by atoms with E-state index in [1.807, 2.05) is 42.8 Å². The number of rotatable bonds is 6. The second-order valence-electron chi connectivity index (χ2n) is 6.37. The van der Waals surface area contributed by atoms with Crippen molar-refractivity contribution >= 4 is 28.7 Å². The van der Waals surface area contributed by atoms with E-state index in [1.54, 1.807) is 24.3 Å². The van der Waals surface area contributed by atoms with Gasteiger partial charge in [-0.1, -0.05) is 12.1 Å². The van der Waals surface area contributed by atoms with Gasteiger partial charge in [-0.2, -0.15) is 8.75 Å². The van der Waals surface area contributed by atoms with Crippen LogP contribution in [0.2, 0.25) is 0 Å². The fourth-order valence-corrected chi connectivity index (χ4v) is 3.40. The molecule has 0 saturated carbocycles. The number of fused-ring (bicyclic) bond motifs is 1. The number of nitrogens with one attached hydrogen (secondary N) is 1. The molecule has 4 aromatic rings. The van der Waals surface area contributed by atoms with Crippen LogP contribution in [-0.4, -0.2) is 24.2 Å². The molecule has 142 valence electrons. The molecule has 0 atom stereocenters. The summed E-state index contributed by atoms with van der Waals surface area (Å²) in [6, 6.07) is 14.9. The number of para-hydroxylation sites is 2. The Morgan fingerprint density at radius 3 is 2.64 bits per heavy atom. The fraction of sp³-hybridized carbons (Fsp3) is 0.200. The first kappa shape index (κ1) is 18.1. The van der Waals surface area contributed by atoms with Crippen LogP contribution in [0.5, 0.6) is 5.75 Å². The van der Waals surface area contributed by atoms with E-state index in [4.69, 9.17) is 4.74 Å². The summed E-state index contributed by atoms with van der Waals surface area (Å²) in [5, 5.41) is 2.92. The number of hydrogen-bond acceptors (Lipinski definition) is 6. The minimum atomic E-state index is -0.154. The number of amides is 1. The van der Waals surface area contributed by atoms with Crippen LogP contribution in [0.15, 0.2) is 48.5 Å². The molecule has 0 aliphatic heterocycles. The second kappa shape index (κ2) is 7.77. The highest BCUT2D eigenvalue weighted by Crippen LogP contribution is 2.16. The summed E-state index contributed by atoms with van der Waals surface area (Å²) in [5.74, 6) is 1.33. The minimum absolute atomic E-state index is 0.154. The van der Waals surface area contributed by atoms with Gasteiger partial charge < -0.3 is 14.6 Å². The van der Waals surface area contributed by atoms with Gasteiger partial charge >= 0.3 is 0 Å². The molecule has 0 aliphatic rings. The van der Waals surface area contributed by atoms with E-state index in [9.17, 15) is 4.79 Å². The third kappa shape index (κ3) is 3.72. The second-order valence-corrected chi connectivity index (χ2v) is 6.90. The Hall–Kier alpha value is -3.26. The van der Waals surface area contributed by atoms with Gasteiger partial charge in [0.1, 0.15) is 23.9 Å². The van der Waals surface area contributed by atoms with E-state index in [1.165, 1.54) is 11.7 Å². The number of aromatic nitrogens is 4. The van der Waals surface area contributed by atoms with Gasteiger partial charge in [0.05, 0.1) is 35.0 Å². The quantitative estimate of drug-likeness (QED) is 0.544. The molecule has 0 saturated heterocycles. The first-order valence-electron chi connectivity index (χ1n) is 8.81. The lowest BCUT2D eigenvalue weighted by atomic mass is 10.2. The molecule has 2 aromatic heterocycles. The van der Waals surface area contributed by atoms with E-state index in [-0.39, 0.29) is 5.91 Å². The number of carbonyl (C=O) groups excluding carboxylic acids is 1. The van der Waals surface area contributed by atoms with Crippen molar-refractivity contribution in [3.63, 3.8) is 0 Å². The molecular weight excluding hydrogens is 374 g/mol. The molecule has 2 heterocycles. The van der Waals surface area contributed by atoms with Crippen molar-refractivity contribution in [3.05, 3.63) is 71.3 Å². The molecule has 0 unspecified atom stereocenters. The van der Waals surface area contributed by atoms with Gasteiger partial charge in [0.2, 0.25) is 0 Å². The van der Waals surface area contributed by atoms with E-state index in [0.29, 0.717) is 24.5 Å². The molecular formula is C20H19N5O2S. The van der Waals surface area contributed by atoms with Crippen LogP contribution in [0.1, 0.15) is 27.6 Å². The van der Waals surface area contributed by atoms with E-state index >= 15 is 0 Å². The molecule has 4 rings (SSSR count). The van der Waals surface area contributed by atoms with Crippen molar-refractivity contribution in [2.24, 2.45) is 7.05 Å². The molecule has 1 N–H and O–H groups in total. The number of carbonyl (C=O) groups is 1. The Bertz CT molecular complexity index is 1120. The van der Waals surface area contributed by atoms with E-state index in [0.717, 1.165) is 28.2 Å². The average molecular weight is 393 g/mol. The number of aryl methyl sites for hydroxylation is 2. The van der Waals surface area contributed by atoms with Crippen LogP contribution in [0.3, 0.4) is 0 Å². The summed E-state index contributed by atoms with van der Waals surface area (Å²) in [7, 11) is 1.95. The van der Waals surface area contributed by atoms with Crippen LogP contribution in [-0.2, 0) is 20.2 Å². The van der Waals surface area contributed by atoms with Gasteiger partial charge in [0, 0.05) is 12.6 Å². The van der Waals surface area contributed by atoms with Gasteiger partial charge in [-0.05, 0) is 43.3 Å². The largest absolute Gasteiger partial charge is 0.487 e. The molecule has 8 heteroatoms. The van der Waals surface area contributed by atoms with Gasteiger partial charge in [-0.3, -0.25) is 4.79 Å². The highest BCUT2D eigenvalue weighted by atomic mass is 32.1. The SMILES string of the molecule is Cc1nsnc1COc1ccc(C(=O)NCc2nc3ccccc3n2C)cc1. The number of imidazole rings is 1. The predicted octanol–water partition coefficient (Wildman–Crippen LogP) is 3.24. The van der Waals surface area contributed by atoms with E-state index < -0.39 is 0 Å². The lowest BCUT2D eigenvalue weighted by molar-refractivity contribution is 0.0949. The maximum Gasteiger partial charge on any atom is 0.251 e. The Labute approximate surface area is 166 Å². The highest BCUT2D eigenvalue weighted by Gasteiger charge is 2.11. The van der Waals surface area contributed by atoms with Crippen molar-refractivity contribution in [2.75, 3.05) is 0 Å². The molecule has 0 aliphatic carbocycles. The fourth-order valence-electron chi connectivity index (χ4n) is 2.85. The lowest BCUT2D eigenvalue weighted by Crippen LogP contribution is -2.24. The molecule has 0 fully saturated rings. The Morgan fingerprint density at radius 2 is 1.93 bits per heavy atom. The summed E-state index contributed by atoms with van der Waals surface area (Å²) < 4.78 is 16.0. The maximum absolute atomic E-state index is 12.4. The zero-order valence-electron chi connectivity index (χ0n) is 15.5. The number of hydrogen-bond donors (Lipinski definition) is 1. The zero-order valence-corrected chi connectivity index (χ0v) is 16.4. The smallest absolute Gasteiger partial charge is 0.251 e. The molecule has 0 spiro atoms.